The second-order valence-electron chi connectivity index (χ2n) is 4.82. The largest absolute Gasteiger partial charge is 0.327 e. The third kappa shape index (κ3) is 0.703. The topological polar surface area (TPSA) is 26.0 Å². The van der Waals surface area contributed by atoms with E-state index in [0.717, 1.165) is 17.8 Å². The molecule has 2 N–H and O–H groups in total. The molecule has 2 rings (SSSR count). The van der Waals surface area contributed by atoms with Gasteiger partial charge in [0.25, 0.3) is 0 Å². The standard InChI is InChI=1S/C10H19N/c1-6(2)9-7(3)10(9)5-4-8(10)11/h6-9H,4-5,11H2,1-3H3/t7-,8-,9-,10+/m1/s1. The van der Waals surface area contributed by atoms with Crippen LogP contribution in [0.2, 0.25) is 0 Å². The van der Waals surface area contributed by atoms with Crippen LogP contribution in [-0.4, -0.2) is 6.04 Å². The SMILES string of the molecule is CC(C)[C@@H]1[C@@H](C)[C@]12CC[C@H]2N. The van der Waals surface area contributed by atoms with Gasteiger partial charge in [-0.3, -0.25) is 0 Å². The fourth-order valence-corrected chi connectivity index (χ4v) is 3.51. The van der Waals surface area contributed by atoms with Crippen LogP contribution in [0.5, 0.6) is 0 Å². The summed E-state index contributed by atoms with van der Waals surface area (Å²) in [6.07, 6.45) is 2.67. The Morgan fingerprint density at radius 1 is 1.45 bits per heavy atom. The van der Waals surface area contributed by atoms with Crippen LogP contribution in [0.15, 0.2) is 0 Å². The molecule has 11 heavy (non-hydrogen) atoms. The molecule has 0 aromatic rings. The van der Waals surface area contributed by atoms with E-state index in [2.05, 4.69) is 20.8 Å². The fourth-order valence-electron chi connectivity index (χ4n) is 3.51. The van der Waals surface area contributed by atoms with Crippen molar-refractivity contribution in [3.63, 3.8) is 0 Å². The van der Waals surface area contributed by atoms with Gasteiger partial charge in [0, 0.05) is 6.04 Å². The van der Waals surface area contributed by atoms with E-state index in [1.807, 2.05) is 0 Å². The van der Waals surface area contributed by atoms with Gasteiger partial charge in [0.1, 0.15) is 0 Å². The first-order valence-corrected chi connectivity index (χ1v) is 4.86. The minimum Gasteiger partial charge on any atom is -0.327 e. The zero-order valence-corrected chi connectivity index (χ0v) is 7.80. The lowest BCUT2D eigenvalue weighted by Crippen LogP contribution is -2.43. The predicted molar refractivity (Wildman–Crippen MR) is 47.1 cm³/mol. The summed E-state index contributed by atoms with van der Waals surface area (Å²) in [6.45, 7) is 7.05. The summed E-state index contributed by atoms with van der Waals surface area (Å²) in [5.41, 5.74) is 6.64. The van der Waals surface area contributed by atoms with Gasteiger partial charge in [-0.25, -0.2) is 0 Å². The molecule has 2 aliphatic carbocycles. The summed E-state index contributed by atoms with van der Waals surface area (Å²) in [5.74, 6) is 2.69. The summed E-state index contributed by atoms with van der Waals surface area (Å²) in [4.78, 5) is 0. The maximum absolute atomic E-state index is 6.04. The van der Waals surface area contributed by atoms with Gasteiger partial charge in [-0.1, -0.05) is 20.8 Å². The Hall–Kier alpha value is -0.0400. The van der Waals surface area contributed by atoms with Crippen LogP contribution in [0.4, 0.5) is 0 Å². The summed E-state index contributed by atoms with van der Waals surface area (Å²) in [5, 5.41) is 0. The van der Waals surface area contributed by atoms with E-state index in [9.17, 15) is 0 Å². The highest BCUT2D eigenvalue weighted by atomic mass is 14.9. The first kappa shape index (κ1) is 7.60. The van der Waals surface area contributed by atoms with Crippen molar-refractivity contribution in [3.05, 3.63) is 0 Å². The molecule has 2 saturated carbocycles. The number of rotatable bonds is 1. The molecule has 0 aromatic heterocycles. The third-order valence-electron chi connectivity index (χ3n) is 4.19. The fraction of sp³-hybridized carbons (Fsp3) is 1.00. The van der Waals surface area contributed by atoms with Crippen molar-refractivity contribution < 1.29 is 0 Å². The highest BCUT2D eigenvalue weighted by Crippen LogP contribution is 2.71. The van der Waals surface area contributed by atoms with E-state index < -0.39 is 0 Å². The molecule has 1 heteroatoms. The monoisotopic (exact) mass is 153 g/mol. The van der Waals surface area contributed by atoms with E-state index in [0.29, 0.717) is 11.5 Å². The first-order valence-electron chi connectivity index (χ1n) is 4.86. The van der Waals surface area contributed by atoms with Gasteiger partial charge in [0.2, 0.25) is 0 Å². The van der Waals surface area contributed by atoms with E-state index in [-0.39, 0.29) is 0 Å². The molecule has 1 spiro atoms. The summed E-state index contributed by atoms with van der Waals surface area (Å²) < 4.78 is 0. The maximum Gasteiger partial charge on any atom is 0.0101 e. The van der Waals surface area contributed by atoms with Crippen LogP contribution in [0.1, 0.15) is 33.6 Å². The average molecular weight is 153 g/mol. The Labute approximate surface area is 69.4 Å². The second kappa shape index (κ2) is 2.01. The minimum absolute atomic E-state index is 0.532. The number of nitrogens with two attached hydrogens (primary N) is 1. The highest BCUT2D eigenvalue weighted by molar-refractivity contribution is 5.19. The van der Waals surface area contributed by atoms with Gasteiger partial charge < -0.3 is 5.73 Å². The van der Waals surface area contributed by atoms with Crippen LogP contribution in [0, 0.1) is 23.2 Å². The van der Waals surface area contributed by atoms with Gasteiger partial charge in [-0.05, 0) is 36.0 Å². The van der Waals surface area contributed by atoms with Gasteiger partial charge in [-0.2, -0.15) is 0 Å². The summed E-state index contributed by atoms with van der Waals surface area (Å²) >= 11 is 0. The van der Waals surface area contributed by atoms with Gasteiger partial charge >= 0.3 is 0 Å². The Morgan fingerprint density at radius 2 is 2.09 bits per heavy atom. The molecule has 0 heterocycles. The molecule has 0 aromatic carbocycles. The second-order valence-corrected chi connectivity index (χ2v) is 4.82. The zero-order chi connectivity index (χ0) is 8.22. The lowest BCUT2D eigenvalue weighted by atomic mass is 9.72. The normalized spacial score (nSPS) is 54.8. The van der Waals surface area contributed by atoms with Crippen molar-refractivity contribution in [2.45, 2.75) is 39.7 Å². The lowest BCUT2D eigenvalue weighted by Gasteiger charge is -2.37. The smallest absolute Gasteiger partial charge is 0.0101 e. The Morgan fingerprint density at radius 3 is 2.18 bits per heavy atom. The first-order chi connectivity index (χ1) is 5.10. The van der Waals surface area contributed by atoms with Gasteiger partial charge in [0.15, 0.2) is 0 Å². The molecule has 0 saturated heterocycles. The predicted octanol–water partition coefficient (Wildman–Crippen LogP) is 2.02. The van der Waals surface area contributed by atoms with Crippen molar-refractivity contribution in [2.75, 3.05) is 0 Å². The molecule has 0 unspecified atom stereocenters. The molecule has 0 amide bonds. The molecule has 0 radical (unpaired) electrons. The van der Waals surface area contributed by atoms with Gasteiger partial charge in [-0.15, -0.1) is 0 Å². The maximum atomic E-state index is 6.04. The molecular weight excluding hydrogens is 134 g/mol. The number of hydrogen-bond acceptors (Lipinski definition) is 1. The zero-order valence-electron chi connectivity index (χ0n) is 7.80. The molecule has 4 atom stereocenters. The Balaban J connectivity index is 2.08. The van der Waals surface area contributed by atoms with Crippen LogP contribution in [0.3, 0.4) is 0 Å². The van der Waals surface area contributed by atoms with E-state index in [1.54, 1.807) is 0 Å². The number of hydrogen-bond donors (Lipinski definition) is 1. The highest BCUT2D eigenvalue weighted by Gasteiger charge is 2.69. The van der Waals surface area contributed by atoms with Crippen LogP contribution >= 0.6 is 0 Å². The van der Waals surface area contributed by atoms with Crippen LogP contribution in [-0.2, 0) is 0 Å². The minimum atomic E-state index is 0.532. The molecule has 2 fully saturated rings. The summed E-state index contributed by atoms with van der Waals surface area (Å²) in [6, 6.07) is 0.532. The third-order valence-corrected chi connectivity index (χ3v) is 4.19. The quantitative estimate of drug-likeness (QED) is 0.612. The molecule has 0 bridgehead atoms. The van der Waals surface area contributed by atoms with E-state index >= 15 is 0 Å². The molecule has 64 valence electrons. The molecule has 0 aliphatic heterocycles. The van der Waals surface area contributed by atoms with Crippen molar-refractivity contribution >= 4 is 0 Å². The van der Waals surface area contributed by atoms with Crippen LogP contribution < -0.4 is 5.73 Å². The van der Waals surface area contributed by atoms with Crippen molar-refractivity contribution in [2.24, 2.45) is 28.9 Å². The van der Waals surface area contributed by atoms with Crippen molar-refractivity contribution in [3.8, 4) is 0 Å². The molecular formula is C10H19N. The molecule has 1 nitrogen and oxygen atoms in total. The van der Waals surface area contributed by atoms with Crippen molar-refractivity contribution in [1.29, 1.82) is 0 Å². The molecule has 2 aliphatic rings. The van der Waals surface area contributed by atoms with Crippen LogP contribution in [0.25, 0.3) is 0 Å². The van der Waals surface area contributed by atoms with Gasteiger partial charge in [0.05, 0.1) is 0 Å². The Bertz CT molecular complexity index is 176. The average Bonchev–Trinajstić information content (AvgIpc) is 2.56. The van der Waals surface area contributed by atoms with Crippen molar-refractivity contribution in [1.82, 2.24) is 0 Å². The lowest BCUT2D eigenvalue weighted by molar-refractivity contribution is 0.179. The van der Waals surface area contributed by atoms with E-state index in [1.165, 1.54) is 12.8 Å². The van der Waals surface area contributed by atoms with E-state index in [4.69, 9.17) is 5.73 Å². The Kier molecular flexibility index (Phi) is 1.39. The summed E-state index contributed by atoms with van der Waals surface area (Å²) in [7, 11) is 0.